The second-order valence-corrected chi connectivity index (χ2v) is 10.5. The van der Waals surface area contributed by atoms with Crippen LogP contribution in [0.5, 0.6) is 5.88 Å². The molecular formula is C27H43N5O4. The molecule has 0 aliphatic heterocycles. The Labute approximate surface area is 214 Å². The van der Waals surface area contributed by atoms with E-state index in [9.17, 15) is 4.79 Å². The third-order valence-electron chi connectivity index (χ3n) is 6.53. The van der Waals surface area contributed by atoms with Gasteiger partial charge in [0.1, 0.15) is 6.10 Å². The fraction of sp³-hybridized carbons (Fsp3) is 0.704. The number of ether oxygens (including phenoxy) is 1. The summed E-state index contributed by atoms with van der Waals surface area (Å²) in [7, 11) is 0. The first kappa shape index (κ1) is 27.9. The van der Waals surface area contributed by atoms with Crippen LogP contribution in [0, 0.1) is 0 Å². The number of nitrogens with two attached hydrogens (primary N) is 1. The number of carbonyl (C=O) groups is 1. The molecule has 9 nitrogen and oxygen atoms in total. The van der Waals surface area contributed by atoms with Crippen LogP contribution in [-0.4, -0.2) is 38.8 Å². The fourth-order valence-corrected chi connectivity index (χ4v) is 3.94. The van der Waals surface area contributed by atoms with Crippen LogP contribution in [0.15, 0.2) is 16.7 Å². The summed E-state index contributed by atoms with van der Waals surface area (Å²) in [5, 5.41) is 16.2. The Morgan fingerprint density at radius 2 is 1.75 bits per heavy atom. The molecule has 2 aliphatic rings. The summed E-state index contributed by atoms with van der Waals surface area (Å²) in [5.41, 5.74) is 6.31. The summed E-state index contributed by atoms with van der Waals surface area (Å²) >= 11 is 0. The van der Waals surface area contributed by atoms with Crippen LogP contribution in [0.1, 0.15) is 126 Å². The summed E-state index contributed by atoms with van der Waals surface area (Å²) < 4.78 is 10.5. The van der Waals surface area contributed by atoms with Crippen LogP contribution in [0.2, 0.25) is 0 Å². The lowest BCUT2D eigenvalue weighted by molar-refractivity contribution is 0.0689. The lowest BCUT2D eigenvalue weighted by atomic mass is 10.0. The van der Waals surface area contributed by atoms with Crippen molar-refractivity contribution in [3.05, 3.63) is 29.2 Å². The number of anilines is 1. The van der Waals surface area contributed by atoms with Crippen molar-refractivity contribution < 1.29 is 19.2 Å². The van der Waals surface area contributed by atoms with Crippen molar-refractivity contribution in [3.8, 4) is 5.88 Å². The standard InChI is InChI=1S/C15H30N4O.C12H13NO3/c1-4-5-6-7-8-9-10-11-12-17-15(2,3)13-18-14(16)20-19-13;14-12(15)10-6-5-9(7-1-2-7)11(13-10)16-8-3-4-8/h17H,4-12H2,1-3H3,(H2,16,18,19);5-8H,1-4H2,(H,14,15). The summed E-state index contributed by atoms with van der Waals surface area (Å²) in [5.74, 6) is 0.701. The maximum atomic E-state index is 10.8. The largest absolute Gasteiger partial charge is 0.477 e. The van der Waals surface area contributed by atoms with Gasteiger partial charge in [-0.1, -0.05) is 63.1 Å². The first-order valence-corrected chi connectivity index (χ1v) is 13.6. The number of unbranched alkanes of at least 4 members (excludes halogenated alkanes) is 7. The monoisotopic (exact) mass is 501 g/mol. The van der Waals surface area contributed by atoms with Crippen LogP contribution in [0.4, 0.5) is 6.01 Å². The van der Waals surface area contributed by atoms with Crippen LogP contribution >= 0.6 is 0 Å². The normalized spacial score (nSPS) is 15.3. The van der Waals surface area contributed by atoms with Crippen molar-refractivity contribution in [3.63, 3.8) is 0 Å². The van der Waals surface area contributed by atoms with Gasteiger partial charge in [0.25, 0.3) is 0 Å². The molecular weight excluding hydrogens is 458 g/mol. The first-order valence-electron chi connectivity index (χ1n) is 13.6. The number of carboxylic acid groups (broad SMARTS) is 1. The number of aromatic nitrogens is 3. The Balaban J connectivity index is 0.000000204. The van der Waals surface area contributed by atoms with Gasteiger partial charge in [-0.25, -0.2) is 9.78 Å². The van der Waals surface area contributed by atoms with Gasteiger partial charge in [-0.2, -0.15) is 4.98 Å². The highest BCUT2D eigenvalue weighted by Gasteiger charge is 2.31. The molecule has 36 heavy (non-hydrogen) atoms. The summed E-state index contributed by atoms with van der Waals surface area (Å²) in [6, 6.07) is 3.55. The average Bonchev–Trinajstić information content (AvgIpc) is 3.78. The third kappa shape index (κ3) is 9.41. The molecule has 0 amide bonds. The maximum absolute atomic E-state index is 10.8. The molecule has 200 valence electrons. The smallest absolute Gasteiger partial charge is 0.354 e. The molecule has 9 heteroatoms. The Morgan fingerprint density at radius 3 is 2.31 bits per heavy atom. The zero-order valence-electron chi connectivity index (χ0n) is 22.1. The molecule has 2 aliphatic carbocycles. The second kappa shape index (κ2) is 13.6. The third-order valence-corrected chi connectivity index (χ3v) is 6.53. The SMILES string of the molecule is CCCCCCCCCCNC(C)(C)c1noc(N)n1.O=C(O)c1ccc(C2CC2)c(OC2CC2)n1. The number of hydrogen-bond acceptors (Lipinski definition) is 8. The van der Waals surface area contributed by atoms with Gasteiger partial charge >= 0.3 is 12.0 Å². The van der Waals surface area contributed by atoms with Crippen LogP contribution in [0.25, 0.3) is 0 Å². The van der Waals surface area contributed by atoms with E-state index >= 15 is 0 Å². The molecule has 0 atom stereocenters. The lowest BCUT2D eigenvalue weighted by Crippen LogP contribution is -2.38. The minimum absolute atomic E-state index is 0.0695. The predicted molar refractivity (Wildman–Crippen MR) is 139 cm³/mol. The van der Waals surface area contributed by atoms with Crippen LogP contribution < -0.4 is 15.8 Å². The molecule has 0 saturated heterocycles. The van der Waals surface area contributed by atoms with Crippen molar-refractivity contribution in [2.45, 2.75) is 115 Å². The minimum atomic E-state index is -0.997. The zero-order valence-corrected chi connectivity index (χ0v) is 22.1. The van der Waals surface area contributed by atoms with E-state index in [4.69, 9.17) is 20.1 Å². The highest BCUT2D eigenvalue weighted by atomic mass is 16.5. The van der Waals surface area contributed by atoms with Gasteiger partial charge in [0.15, 0.2) is 11.5 Å². The number of carboxylic acids is 1. The number of aromatic carboxylic acids is 1. The van der Waals surface area contributed by atoms with Gasteiger partial charge in [0.2, 0.25) is 5.88 Å². The highest BCUT2D eigenvalue weighted by Crippen LogP contribution is 2.44. The van der Waals surface area contributed by atoms with E-state index in [1.807, 2.05) is 19.9 Å². The Kier molecular flexibility index (Phi) is 10.5. The van der Waals surface area contributed by atoms with Gasteiger partial charge in [0, 0.05) is 5.56 Å². The molecule has 2 heterocycles. The zero-order chi connectivity index (χ0) is 26.0. The molecule has 0 bridgehead atoms. The van der Waals surface area contributed by atoms with Crippen molar-refractivity contribution in [2.24, 2.45) is 0 Å². The van der Waals surface area contributed by atoms with E-state index in [-0.39, 0.29) is 23.4 Å². The second-order valence-electron chi connectivity index (χ2n) is 10.5. The molecule has 2 aromatic heterocycles. The lowest BCUT2D eigenvalue weighted by Gasteiger charge is -2.22. The fourth-order valence-electron chi connectivity index (χ4n) is 3.94. The van der Waals surface area contributed by atoms with E-state index < -0.39 is 5.97 Å². The number of nitrogens with one attached hydrogen (secondary N) is 1. The van der Waals surface area contributed by atoms with E-state index in [1.54, 1.807) is 6.07 Å². The van der Waals surface area contributed by atoms with E-state index in [2.05, 4.69) is 27.4 Å². The molecule has 0 aromatic carbocycles. The molecule has 4 rings (SSSR count). The summed E-state index contributed by atoms with van der Waals surface area (Å²) in [4.78, 5) is 19.0. The number of hydrogen-bond donors (Lipinski definition) is 3. The summed E-state index contributed by atoms with van der Waals surface area (Å²) in [6.07, 6.45) is 15.3. The Morgan fingerprint density at radius 1 is 1.08 bits per heavy atom. The molecule has 0 unspecified atom stereocenters. The Bertz CT molecular complexity index is 953. The summed E-state index contributed by atoms with van der Waals surface area (Å²) in [6.45, 7) is 7.31. The quantitative estimate of drug-likeness (QED) is 0.258. The van der Waals surface area contributed by atoms with Gasteiger partial charge in [-0.05, 0) is 64.5 Å². The topological polar surface area (TPSA) is 136 Å². The highest BCUT2D eigenvalue weighted by molar-refractivity contribution is 5.85. The van der Waals surface area contributed by atoms with E-state index in [0.29, 0.717) is 17.6 Å². The van der Waals surface area contributed by atoms with Gasteiger partial charge in [0.05, 0.1) is 5.54 Å². The van der Waals surface area contributed by atoms with Gasteiger partial charge in [-0.15, -0.1) is 0 Å². The van der Waals surface area contributed by atoms with Crippen molar-refractivity contribution in [1.29, 1.82) is 0 Å². The van der Waals surface area contributed by atoms with Crippen molar-refractivity contribution in [2.75, 3.05) is 12.3 Å². The number of nitrogen functional groups attached to an aromatic ring is 1. The molecule has 2 aromatic rings. The average molecular weight is 502 g/mol. The van der Waals surface area contributed by atoms with E-state index in [1.165, 1.54) is 51.4 Å². The van der Waals surface area contributed by atoms with E-state index in [0.717, 1.165) is 37.8 Å². The number of pyridine rings is 1. The van der Waals surface area contributed by atoms with Crippen molar-refractivity contribution in [1.82, 2.24) is 20.4 Å². The van der Waals surface area contributed by atoms with Crippen LogP contribution in [0.3, 0.4) is 0 Å². The van der Waals surface area contributed by atoms with Crippen LogP contribution in [-0.2, 0) is 5.54 Å². The minimum Gasteiger partial charge on any atom is -0.477 e. The molecule has 4 N–H and O–H groups in total. The Hall–Kier alpha value is -2.68. The van der Waals surface area contributed by atoms with Gasteiger partial charge in [-0.3, -0.25) is 0 Å². The predicted octanol–water partition coefficient (Wildman–Crippen LogP) is 5.82. The number of nitrogens with zero attached hydrogens (tertiary/aromatic N) is 3. The van der Waals surface area contributed by atoms with Gasteiger partial charge < -0.3 is 25.4 Å². The maximum Gasteiger partial charge on any atom is 0.354 e. The molecule has 2 saturated carbocycles. The molecule has 0 radical (unpaired) electrons. The molecule has 0 spiro atoms. The molecule has 2 fully saturated rings. The number of rotatable bonds is 15. The first-order chi connectivity index (χ1) is 17.3. The van der Waals surface area contributed by atoms with Crippen molar-refractivity contribution >= 4 is 12.0 Å².